The van der Waals surface area contributed by atoms with E-state index in [0.29, 0.717) is 29.4 Å². The van der Waals surface area contributed by atoms with Gasteiger partial charge in [0, 0.05) is 35.6 Å². The number of sulfonamides is 2. The van der Waals surface area contributed by atoms with Gasteiger partial charge in [0.25, 0.3) is 0 Å². The fraction of sp³-hybridized carbons (Fsp3) is 0.633. The molecule has 0 radical (unpaired) electrons. The highest BCUT2D eigenvalue weighted by Crippen LogP contribution is 2.37. The summed E-state index contributed by atoms with van der Waals surface area (Å²) in [4.78, 5) is 11.8. The molecule has 1 fully saturated rings. The highest BCUT2D eigenvalue weighted by molar-refractivity contribution is 7.89. The molecule has 1 amide bonds. The number of nitrogens with zero attached hydrogens (tertiary/aromatic N) is 1. The van der Waals surface area contributed by atoms with Crippen molar-refractivity contribution >= 4 is 26.0 Å². The highest BCUT2D eigenvalue weighted by Gasteiger charge is 2.33. The number of benzene rings is 1. The second-order valence-electron chi connectivity index (χ2n) is 13.8. The van der Waals surface area contributed by atoms with Crippen molar-refractivity contribution in [1.29, 1.82) is 0 Å². The number of aliphatic hydroxyl groups is 1. The minimum atomic E-state index is -4.03. The van der Waals surface area contributed by atoms with Crippen LogP contribution in [0.5, 0.6) is 0 Å². The predicted octanol–water partition coefficient (Wildman–Crippen LogP) is 4.14. The average Bonchev–Trinajstić information content (AvgIpc) is 3.18. The summed E-state index contributed by atoms with van der Waals surface area (Å²) in [5, 5.41) is 11.1. The molecule has 1 aromatic heterocycles. The molecule has 5 N–H and O–H groups in total. The summed E-state index contributed by atoms with van der Waals surface area (Å²) in [6.07, 6.45) is 5.49. The Morgan fingerprint density at radius 3 is 2.07 bits per heavy atom. The van der Waals surface area contributed by atoms with Crippen molar-refractivity contribution in [2.45, 2.75) is 115 Å². The number of aromatic nitrogens is 1. The van der Waals surface area contributed by atoms with Crippen LogP contribution < -0.4 is 15.2 Å². The van der Waals surface area contributed by atoms with Gasteiger partial charge in [-0.1, -0.05) is 25.3 Å². The SMILES string of the molecule is Cc1c(S(=O)(=O)NCC(C)(C)C(N)=O)cc(-c2ccc(S(=O)(=O)NC(C)(C)C)c(C(C)(C)O)c2)n1CC1CCCCC1. The predicted molar refractivity (Wildman–Crippen MR) is 165 cm³/mol. The summed E-state index contributed by atoms with van der Waals surface area (Å²) in [6, 6.07) is 6.33. The van der Waals surface area contributed by atoms with Crippen molar-refractivity contribution in [2.24, 2.45) is 17.1 Å². The van der Waals surface area contributed by atoms with Crippen LogP contribution in [0, 0.1) is 18.3 Å². The van der Waals surface area contributed by atoms with Crippen LogP contribution in [0.4, 0.5) is 0 Å². The number of carbonyl (C=O) groups excluding carboxylic acids is 1. The molecular formula is C30H48N4O6S2. The lowest BCUT2D eigenvalue weighted by Gasteiger charge is -2.27. The van der Waals surface area contributed by atoms with Gasteiger partial charge in [0.15, 0.2) is 0 Å². The van der Waals surface area contributed by atoms with Crippen LogP contribution >= 0.6 is 0 Å². The van der Waals surface area contributed by atoms with E-state index in [-0.39, 0.29) is 21.9 Å². The Labute approximate surface area is 251 Å². The smallest absolute Gasteiger partial charge is 0.242 e. The third-order valence-corrected chi connectivity index (χ3v) is 11.1. The van der Waals surface area contributed by atoms with E-state index in [1.807, 2.05) is 4.57 Å². The lowest BCUT2D eigenvalue weighted by Crippen LogP contribution is -2.42. The molecule has 3 rings (SSSR count). The molecule has 12 heteroatoms. The highest BCUT2D eigenvalue weighted by atomic mass is 32.2. The Bertz CT molecular complexity index is 1520. The summed E-state index contributed by atoms with van der Waals surface area (Å²) in [5.41, 5.74) is 4.05. The zero-order valence-electron chi connectivity index (χ0n) is 26.2. The third-order valence-electron chi connectivity index (χ3n) is 7.81. The lowest BCUT2D eigenvalue weighted by molar-refractivity contribution is -0.125. The zero-order chi connectivity index (χ0) is 31.9. The Balaban J connectivity index is 2.19. The normalized spacial score (nSPS) is 16.1. The van der Waals surface area contributed by atoms with E-state index in [9.17, 15) is 26.7 Å². The van der Waals surface area contributed by atoms with Crippen molar-refractivity contribution in [1.82, 2.24) is 14.0 Å². The average molecular weight is 625 g/mol. The fourth-order valence-electron chi connectivity index (χ4n) is 5.29. The van der Waals surface area contributed by atoms with E-state index >= 15 is 0 Å². The summed E-state index contributed by atoms with van der Waals surface area (Å²) < 4.78 is 61.0. The number of hydrogen-bond donors (Lipinski definition) is 4. The molecule has 1 aromatic carbocycles. The van der Waals surface area contributed by atoms with Gasteiger partial charge in [-0.2, -0.15) is 0 Å². The zero-order valence-corrected chi connectivity index (χ0v) is 27.8. The van der Waals surface area contributed by atoms with E-state index in [1.165, 1.54) is 26.3 Å². The molecule has 0 unspecified atom stereocenters. The van der Waals surface area contributed by atoms with Gasteiger partial charge in [-0.3, -0.25) is 4.79 Å². The molecule has 1 heterocycles. The van der Waals surface area contributed by atoms with Crippen molar-refractivity contribution in [2.75, 3.05) is 6.54 Å². The molecule has 1 aliphatic carbocycles. The van der Waals surface area contributed by atoms with Gasteiger partial charge in [0.05, 0.1) is 15.9 Å². The Morgan fingerprint density at radius 2 is 1.55 bits per heavy atom. The van der Waals surface area contributed by atoms with Gasteiger partial charge in [0.1, 0.15) is 4.90 Å². The second kappa shape index (κ2) is 12.0. The first-order valence-electron chi connectivity index (χ1n) is 14.5. The minimum absolute atomic E-state index is 0.0426. The van der Waals surface area contributed by atoms with Crippen LogP contribution in [-0.2, 0) is 37.0 Å². The van der Waals surface area contributed by atoms with E-state index in [4.69, 9.17) is 5.73 Å². The van der Waals surface area contributed by atoms with Gasteiger partial charge in [-0.05, 0) is 97.9 Å². The molecule has 2 aromatic rings. The number of hydrogen-bond acceptors (Lipinski definition) is 6. The number of nitrogens with one attached hydrogen (secondary N) is 2. The Hall–Kier alpha value is -2.25. The topological polar surface area (TPSA) is 161 Å². The Morgan fingerprint density at radius 1 is 0.952 bits per heavy atom. The third kappa shape index (κ3) is 8.02. The lowest BCUT2D eigenvalue weighted by atomic mass is 9.89. The maximum Gasteiger partial charge on any atom is 0.242 e. The van der Waals surface area contributed by atoms with Crippen molar-refractivity contribution in [3.05, 3.63) is 35.5 Å². The van der Waals surface area contributed by atoms with Gasteiger partial charge < -0.3 is 15.4 Å². The molecular weight excluding hydrogens is 576 g/mol. The molecule has 0 aliphatic heterocycles. The molecule has 0 saturated heterocycles. The first kappa shape index (κ1) is 34.2. The minimum Gasteiger partial charge on any atom is -0.386 e. The molecule has 0 spiro atoms. The summed E-state index contributed by atoms with van der Waals surface area (Å²) >= 11 is 0. The number of nitrogens with two attached hydrogens (primary N) is 1. The number of amides is 1. The first-order valence-corrected chi connectivity index (χ1v) is 17.4. The number of primary amides is 1. The molecule has 42 heavy (non-hydrogen) atoms. The molecule has 1 saturated carbocycles. The van der Waals surface area contributed by atoms with Crippen LogP contribution in [0.1, 0.15) is 91.8 Å². The van der Waals surface area contributed by atoms with E-state index in [2.05, 4.69) is 9.44 Å². The van der Waals surface area contributed by atoms with E-state index in [0.717, 1.165) is 25.7 Å². The quantitative estimate of drug-likeness (QED) is 0.294. The summed E-state index contributed by atoms with van der Waals surface area (Å²) in [7, 11) is -8.01. The van der Waals surface area contributed by atoms with Gasteiger partial charge >= 0.3 is 0 Å². The first-order chi connectivity index (χ1) is 19.1. The van der Waals surface area contributed by atoms with E-state index in [1.54, 1.807) is 59.7 Å². The van der Waals surface area contributed by atoms with E-state index < -0.39 is 42.5 Å². The van der Waals surface area contributed by atoms with Gasteiger partial charge in [0.2, 0.25) is 26.0 Å². The summed E-state index contributed by atoms with van der Waals surface area (Å²) in [5.74, 6) is -0.252. The van der Waals surface area contributed by atoms with Gasteiger partial charge in [-0.25, -0.2) is 26.3 Å². The Kier molecular flexibility index (Phi) is 9.81. The maximum atomic E-state index is 13.6. The largest absolute Gasteiger partial charge is 0.386 e. The molecule has 0 bridgehead atoms. The van der Waals surface area contributed by atoms with Crippen LogP contribution in [0.25, 0.3) is 11.3 Å². The number of rotatable bonds is 11. The maximum absolute atomic E-state index is 13.6. The van der Waals surface area contributed by atoms with Crippen molar-refractivity contribution in [3.8, 4) is 11.3 Å². The monoisotopic (exact) mass is 624 g/mol. The molecule has 10 nitrogen and oxygen atoms in total. The molecule has 1 aliphatic rings. The standard InChI is InChI=1S/C30H48N4O6S2/c1-20-26(41(37,38)32-19-29(5,6)27(31)35)17-24(34(20)18-21-12-10-9-11-13-21)22-14-15-25(23(16-22)30(7,8)36)42(39,40)33-28(2,3)4/h14-17,21,32-33,36H,9-13,18-19H2,1-8H3,(H2,31,35). The van der Waals surface area contributed by atoms with Crippen molar-refractivity contribution < 1.29 is 26.7 Å². The molecule has 236 valence electrons. The van der Waals surface area contributed by atoms with Gasteiger partial charge in [-0.15, -0.1) is 0 Å². The summed E-state index contributed by atoms with van der Waals surface area (Å²) in [6.45, 7) is 13.6. The van der Waals surface area contributed by atoms with Crippen LogP contribution in [0.15, 0.2) is 34.1 Å². The van der Waals surface area contributed by atoms with Crippen molar-refractivity contribution in [3.63, 3.8) is 0 Å². The molecule has 0 atom stereocenters. The second-order valence-corrected chi connectivity index (χ2v) is 17.2. The fourth-order valence-corrected chi connectivity index (χ4v) is 8.53. The van der Waals surface area contributed by atoms with Crippen LogP contribution in [0.3, 0.4) is 0 Å². The number of carbonyl (C=O) groups is 1. The van der Waals surface area contributed by atoms with Crippen LogP contribution in [0.2, 0.25) is 0 Å². The van der Waals surface area contributed by atoms with Crippen LogP contribution in [-0.4, -0.2) is 44.5 Å².